The molecule has 2 rings (SSSR count). The van der Waals surface area contributed by atoms with Crippen molar-refractivity contribution in [1.29, 1.82) is 0 Å². The van der Waals surface area contributed by atoms with Crippen LogP contribution in [0.25, 0.3) is 5.69 Å². The molecule has 3 heteroatoms. The largest absolute Gasteiger partial charge is 0.262 e. The molecule has 0 saturated carbocycles. The molecule has 1 heterocycles. The van der Waals surface area contributed by atoms with Gasteiger partial charge in [-0.1, -0.05) is 6.92 Å². The van der Waals surface area contributed by atoms with Gasteiger partial charge in [-0.15, -0.1) is 6.07 Å². The number of nitrogens with zero attached hydrogens (tertiary/aromatic N) is 2. The van der Waals surface area contributed by atoms with Crippen LogP contribution in [0.4, 0.5) is 0 Å². The van der Waals surface area contributed by atoms with E-state index in [9.17, 15) is 0 Å². The van der Waals surface area contributed by atoms with E-state index in [4.69, 9.17) is 0 Å². The van der Waals surface area contributed by atoms with Crippen molar-refractivity contribution in [2.45, 2.75) is 27.2 Å². The molecule has 1 aromatic heterocycles. The molecule has 88 valence electrons. The van der Waals surface area contributed by atoms with Gasteiger partial charge in [0.05, 0.1) is 5.69 Å². The first-order valence-corrected chi connectivity index (χ1v) is 5.26. The standard InChI is InChI=1S/C13H15N2.Pt/c1-4-13-10(2)14-15(11(13)3)12-8-6-5-7-9-12;/h5-8H,4H2,1-3H3;/q-1;. The predicted molar refractivity (Wildman–Crippen MR) is 61.3 cm³/mol. The number of rotatable bonds is 2. The van der Waals surface area contributed by atoms with Crippen molar-refractivity contribution in [3.8, 4) is 5.69 Å². The van der Waals surface area contributed by atoms with Gasteiger partial charge in [0.25, 0.3) is 0 Å². The van der Waals surface area contributed by atoms with E-state index in [1.807, 2.05) is 28.9 Å². The summed E-state index contributed by atoms with van der Waals surface area (Å²) in [6.45, 7) is 6.33. The number of aryl methyl sites for hydroxylation is 1. The van der Waals surface area contributed by atoms with Gasteiger partial charge in [0.2, 0.25) is 0 Å². The first-order valence-electron chi connectivity index (χ1n) is 5.26. The summed E-state index contributed by atoms with van der Waals surface area (Å²) in [5.74, 6) is 0. The summed E-state index contributed by atoms with van der Waals surface area (Å²) < 4.78 is 1.97. The number of hydrogen-bond donors (Lipinski definition) is 0. The van der Waals surface area contributed by atoms with Crippen molar-refractivity contribution in [2.24, 2.45) is 0 Å². The van der Waals surface area contributed by atoms with E-state index in [0.29, 0.717) is 0 Å². The third-order valence-corrected chi connectivity index (χ3v) is 2.72. The Kier molecular flexibility index (Phi) is 4.49. The second kappa shape index (κ2) is 5.45. The normalized spacial score (nSPS) is 9.94. The van der Waals surface area contributed by atoms with Crippen molar-refractivity contribution in [1.82, 2.24) is 9.78 Å². The van der Waals surface area contributed by atoms with Gasteiger partial charge in [0.15, 0.2) is 0 Å². The number of para-hydroxylation sites is 1. The molecule has 16 heavy (non-hydrogen) atoms. The van der Waals surface area contributed by atoms with Crippen molar-refractivity contribution in [3.05, 3.63) is 47.3 Å². The fourth-order valence-corrected chi connectivity index (χ4v) is 1.94. The second-order valence-electron chi connectivity index (χ2n) is 3.66. The number of benzene rings is 1. The summed E-state index contributed by atoms with van der Waals surface area (Å²) in [5.41, 5.74) is 4.69. The molecule has 0 N–H and O–H groups in total. The van der Waals surface area contributed by atoms with E-state index in [2.05, 4.69) is 31.9 Å². The molecule has 0 bridgehead atoms. The molecule has 1 aromatic carbocycles. The Balaban J connectivity index is 0.00000128. The molecule has 0 atom stereocenters. The molecule has 2 nitrogen and oxygen atoms in total. The SMILES string of the molecule is CCc1c(C)nn(-c2[c-]cccc2)c1C.[Pt]. The zero-order valence-corrected chi connectivity index (χ0v) is 12.0. The molecule has 0 aliphatic heterocycles. The summed E-state index contributed by atoms with van der Waals surface area (Å²) in [4.78, 5) is 0. The minimum atomic E-state index is 0. The zero-order valence-electron chi connectivity index (χ0n) is 9.73. The smallest absolute Gasteiger partial charge is 0.0631 e. The van der Waals surface area contributed by atoms with E-state index in [0.717, 1.165) is 17.8 Å². The number of aromatic nitrogens is 2. The Bertz CT molecular complexity index is 460. The molecular weight excluding hydrogens is 379 g/mol. The van der Waals surface area contributed by atoms with E-state index >= 15 is 0 Å². The molecule has 0 unspecified atom stereocenters. The Morgan fingerprint density at radius 3 is 2.56 bits per heavy atom. The van der Waals surface area contributed by atoms with Crippen LogP contribution in [-0.2, 0) is 27.5 Å². The zero-order chi connectivity index (χ0) is 10.8. The van der Waals surface area contributed by atoms with Gasteiger partial charge in [-0.2, -0.15) is 29.4 Å². The molecule has 0 fully saturated rings. The Morgan fingerprint density at radius 1 is 1.31 bits per heavy atom. The van der Waals surface area contributed by atoms with Crippen molar-refractivity contribution < 1.29 is 21.1 Å². The molecule has 0 aliphatic carbocycles. The van der Waals surface area contributed by atoms with Gasteiger partial charge in [-0.05, 0) is 31.5 Å². The van der Waals surface area contributed by atoms with Crippen LogP contribution >= 0.6 is 0 Å². The Morgan fingerprint density at radius 2 is 2.06 bits per heavy atom. The Labute approximate surface area is 111 Å². The average Bonchev–Trinajstić information content (AvgIpc) is 2.55. The number of hydrogen-bond acceptors (Lipinski definition) is 1. The van der Waals surface area contributed by atoms with E-state index in [-0.39, 0.29) is 21.1 Å². The van der Waals surface area contributed by atoms with Crippen LogP contribution in [0.1, 0.15) is 23.9 Å². The van der Waals surface area contributed by atoms with Gasteiger partial charge < -0.3 is 0 Å². The van der Waals surface area contributed by atoms with Crippen LogP contribution in [0.2, 0.25) is 0 Å². The van der Waals surface area contributed by atoms with Crippen molar-refractivity contribution in [3.63, 3.8) is 0 Å². The van der Waals surface area contributed by atoms with Crippen LogP contribution in [0, 0.1) is 19.9 Å². The van der Waals surface area contributed by atoms with Crippen molar-refractivity contribution >= 4 is 0 Å². The maximum atomic E-state index is 4.54. The van der Waals surface area contributed by atoms with Crippen LogP contribution in [0.5, 0.6) is 0 Å². The van der Waals surface area contributed by atoms with Crippen molar-refractivity contribution in [2.75, 3.05) is 0 Å². The average molecular weight is 394 g/mol. The first-order chi connectivity index (χ1) is 7.24. The third kappa shape index (κ3) is 2.27. The van der Waals surface area contributed by atoms with Gasteiger partial charge >= 0.3 is 0 Å². The molecule has 0 amide bonds. The van der Waals surface area contributed by atoms with E-state index < -0.39 is 0 Å². The molecule has 0 radical (unpaired) electrons. The van der Waals surface area contributed by atoms with Gasteiger partial charge in [-0.3, -0.25) is 4.68 Å². The fourth-order valence-electron chi connectivity index (χ4n) is 1.94. The predicted octanol–water partition coefficient (Wildman–Crippen LogP) is 2.85. The molecule has 2 aromatic rings. The summed E-state index contributed by atoms with van der Waals surface area (Å²) in [6.07, 6.45) is 1.03. The maximum absolute atomic E-state index is 4.54. The third-order valence-electron chi connectivity index (χ3n) is 2.72. The fraction of sp³-hybridized carbons (Fsp3) is 0.308. The van der Waals surface area contributed by atoms with Crippen LogP contribution in [0.15, 0.2) is 24.3 Å². The minimum Gasteiger partial charge on any atom is -0.262 e. The summed E-state index contributed by atoms with van der Waals surface area (Å²) in [7, 11) is 0. The molecular formula is C13H15N2Pt-. The monoisotopic (exact) mass is 394 g/mol. The van der Waals surface area contributed by atoms with Gasteiger partial charge in [-0.25, -0.2) is 0 Å². The van der Waals surface area contributed by atoms with Crippen LogP contribution in [-0.4, -0.2) is 9.78 Å². The van der Waals surface area contributed by atoms with E-state index in [1.165, 1.54) is 11.3 Å². The molecule has 0 spiro atoms. The minimum absolute atomic E-state index is 0. The van der Waals surface area contributed by atoms with Crippen LogP contribution < -0.4 is 0 Å². The van der Waals surface area contributed by atoms with Gasteiger partial charge in [0.1, 0.15) is 0 Å². The maximum Gasteiger partial charge on any atom is 0.0631 e. The Hall–Kier alpha value is -0.882. The topological polar surface area (TPSA) is 17.8 Å². The summed E-state index contributed by atoms with van der Waals surface area (Å²) in [5, 5.41) is 4.54. The summed E-state index contributed by atoms with van der Waals surface area (Å²) in [6, 6.07) is 11.1. The summed E-state index contributed by atoms with van der Waals surface area (Å²) >= 11 is 0. The first kappa shape index (κ1) is 13.2. The molecule has 0 saturated heterocycles. The second-order valence-corrected chi connectivity index (χ2v) is 3.66. The van der Waals surface area contributed by atoms with E-state index in [1.54, 1.807) is 0 Å². The van der Waals surface area contributed by atoms with Gasteiger partial charge in [0, 0.05) is 26.8 Å². The molecule has 0 aliphatic rings. The quantitative estimate of drug-likeness (QED) is 0.717. The van der Waals surface area contributed by atoms with Crippen LogP contribution in [0.3, 0.4) is 0 Å².